The SMILES string of the molecule is CC(COC(F)F)Oc1cc(Oc2cnc(C(=O)N3CCC3)cn2)cc(C(=O)O)c1. The van der Waals surface area contributed by atoms with Crippen molar-refractivity contribution in [1.82, 2.24) is 14.9 Å². The van der Waals surface area contributed by atoms with Crippen molar-refractivity contribution in [3.05, 3.63) is 41.9 Å². The minimum absolute atomic E-state index is 0.0396. The first-order valence-electron chi connectivity index (χ1n) is 9.06. The maximum atomic E-state index is 12.1. The number of carbonyl (C=O) groups excluding carboxylic acids is 1. The Morgan fingerprint density at radius 3 is 2.47 bits per heavy atom. The summed E-state index contributed by atoms with van der Waals surface area (Å²) in [5, 5.41) is 9.28. The number of benzene rings is 1. The van der Waals surface area contributed by atoms with Crippen LogP contribution in [0.25, 0.3) is 0 Å². The van der Waals surface area contributed by atoms with Gasteiger partial charge in [-0.2, -0.15) is 8.78 Å². The third kappa shape index (κ3) is 5.60. The van der Waals surface area contributed by atoms with Gasteiger partial charge in [-0.15, -0.1) is 0 Å². The molecule has 30 heavy (non-hydrogen) atoms. The first kappa shape index (κ1) is 21.4. The Hall–Kier alpha value is -3.34. The number of halogens is 2. The molecule has 9 nitrogen and oxygen atoms in total. The Morgan fingerprint density at radius 1 is 1.17 bits per heavy atom. The van der Waals surface area contributed by atoms with Crippen molar-refractivity contribution >= 4 is 11.9 Å². The molecule has 0 radical (unpaired) electrons. The van der Waals surface area contributed by atoms with Gasteiger partial charge in [0.2, 0.25) is 5.88 Å². The molecule has 1 aliphatic heterocycles. The Morgan fingerprint density at radius 2 is 1.90 bits per heavy atom. The zero-order chi connectivity index (χ0) is 21.7. The Kier molecular flexibility index (Phi) is 6.72. The Balaban J connectivity index is 1.71. The summed E-state index contributed by atoms with van der Waals surface area (Å²) in [5.41, 5.74) is 0.0419. The molecule has 0 bridgehead atoms. The van der Waals surface area contributed by atoms with Crippen LogP contribution in [0.1, 0.15) is 34.2 Å². The number of amides is 1. The third-order valence-corrected chi connectivity index (χ3v) is 4.13. The van der Waals surface area contributed by atoms with Gasteiger partial charge in [0.05, 0.1) is 24.6 Å². The second-order valence-corrected chi connectivity index (χ2v) is 6.51. The van der Waals surface area contributed by atoms with Crippen LogP contribution in [0.3, 0.4) is 0 Å². The van der Waals surface area contributed by atoms with Crippen molar-refractivity contribution in [2.45, 2.75) is 26.1 Å². The minimum Gasteiger partial charge on any atom is -0.488 e. The van der Waals surface area contributed by atoms with E-state index in [0.29, 0.717) is 13.1 Å². The summed E-state index contributed by atoms with van der Waals surface area (Å²) in [5.74, 6) is -1.24. The maximum absolute atomic E-state index is 12.1. The summed E-state index contributed by atoms with van der Waals surface area (Å²) >= 11 is 0. The molecule has 2 heterocycles. The second kappa shape index (κ2) is 9.44. The van der Waals surface area contributed by atoms with E-state index >= 15 is 0 Å². The van der Waals surface area contributed by atoms with E-state index < -0.39 is 18.7 Å². The molecular formula is C19H19F2N3O6. The zero-order valence-electron chi connectivity index (χ0n) is 16.0. The molecular weight excluding hydrogens is 404 g/mol. The number of aromatic carboxylic acids is 1. The quantitative estimate of drug-likeness (QED) is 0.656. The molecule has 0 aliphatic carbocycles. The van der Waals surface area contributed by atoms with Crippen molar-refractivity contribution in [2.75, 3.05) is 19.7 Å². The number of ether oxygens (including phenoxy) is 3. The van der Waals surface area contributed by atoms with Crippen LogP contribution in [-0.4, -0.2) is 64.3 Å². The molecule has 1 fully saturated rings. The van der Waals surface area contributed by atoms with Gasteiger partial charge < -0.3 is 24.2 Å². The van der Waals surface area contributed by atoms with E-state index in [1.54, 1.807) is 4.90 Å². The molecule has 1 aliphatic rings. The topological polar surface area (TPSA) is 111 Å². The van der Waals surface area contributed by atoms with Crippen LogP contribution >= 0.6 is 0 Å². The summed E-state index contributed by atoms with van der Waals surface area (Å²) in [4.78, 5) is 33.2. The number of carbonyl (C=O) groups is 2. The van der Waals surface area contributed by atoms with E-state index in [0.717, 1.165) is 6.42 Å². The predicted molar refractivity (Wildman–Crippen MR) is 98.1 cm³/mol. The van der Waals surface area contributed by atoms with Crippen molar-refractivity contribution in [3.63, 3.8) is 0 Å². The summed E-state index contributed by atoms with van der Waals surface area (Å²) in [6.45, 7) is -0.456. The zero-order valence-corrected chi connectivity index (χ0v) is 16.0. The fraction of sp³-hybridized carbons (Fsp3) is 0.368. The van der Waals surface area contributed by atoms with Crippen LogP contribution in [0.4, 0.5) is 8.78 Å². The number of carboxylic acid groups (broad SMARTS) is 1. The van der Waals surface area contributed by atoms with Crippen LogP contribution in [0, 0.1) is 0 Å². The molecule has 160 valence electrons. The smallest absolute Gasteiger partial charge is 0.345 e. The van der Waals surface area contributed by atoms with Crippen molar-refractivity contribution < 1.29 is 37.7 Å². The standard InChI is InChI=1S/C19H19F2N3O6/c1-11(10-28-19(20)21)29-13-5-12(18(26)27)6-14(7-13)30-16-9-22-15(8-23-16)17(25)24-3-2-4-24/h5-9,11,19H,2-4,10H2,1H3,(H,26,27). The first-order chi connectivity index (χ1) is 14.3. The average Bonchev–Trinajstić information content (AvgIpc) is 2.65. The van der Waals surface area contributed by atoms with E-state index in [1.165, 1.54) is 37.5 Å². The third-order valence-electron chi connectivity index (χ3n) is 4.13. The number of rotatable bonds is 9. The van der Waals surface area contributed by atoms with E-state index in [4.69, 9.17) is 9.47 Å². The van der Waals surface area contributed by atoms with Gasteiger partial charge in [0.15, 0.2) is 0 Å². The van der Waals surface area contributed by atoms with Gasteiger partial charge in [-0.25, -0.2) is 14.8 Å². The number of hydrogen-bond donors (Lipinski definition) is 1. The summed E-state index contributed by atoms with van der Waals surface area (Å²) in [6, 6.07) is 3.86. The molecule has 0 spiro atoms. The Bertz CT molecular complexity index is 906. The molecule has 1 atom stereocenters. The summed E-state index contributed by atoms with van der Waals surface area (Å²) < 4.78 is 39.4. The van der Waals surface area contributed by atoms with Crippen molar-refractivity contribution in [1.29, 1.82) is 0 Å². The monoisotopic (exact) mass is 423 g/mol. The van der Waals surface area contributed by atoms with Gasteiger partial charge in [0.1, 0.15) is 23.3 Å². The molecule has 2 aromatic rings. The van der Waals surface area contributed by atoms with Gasteiger partial charge in [0.25, 0.3) is 5.91 Å². The number of carboxylic acids is 1. The van der Waals surface area contributed by atoms with Crippen molar-refractivity contribution in [3.8, 4) is 17.4 Å². The van der Waals surface area contributed by atoms with Crippen LogP contribution in [0.2, 0.25) is 0 Å². The second-order valence-electron chi connectivity index (χ2n) is 6.51. The molecule has 1 N–H and O–H groups in total. The lowest BCUT2D eigenvalue weighted by Gasteiger charge is -2.30. The van der Waals surface area contributed by atoms with E-state index in [2.05, 4.69) is 14.7 Å². The molecule has 1 amide bonds. The number of nitrogens with zero attached hydrogens (tertiary/aromatic N) is 3. The molecule has 0 saturated carbocycles. The van der Waals surface area contributed by atoms with E-state index in [9.17, 15) is 23.5 Å². The van der Waals surface area contributed by atoms with Crippen LogP contribution in [0.15, 0.2) is 30.6 Å². The molecule has 1 aromatic heterocycles. The first-order valence-corrected chi connectivity index (χ1v) is 9.06. The maximum Gasteiger partial charge on any atom is 0.345 e. The molecule has 11 heteroatoms. The van der Waals surface area contributed by atoms with E-state index in [1.807, 2.05) is 0 Å². The molecule has 1 unspecified atom stereocenters. The lowest BCUT2D eigenvalue weighted by molar-refractivity contribution is -0.142. The van der Waals surface area contributed by atoms with Gasteiger partial charge in [0, 0.05) is 19.2 Å². The largest absolute Gasteiger partial charge is 0.488 e. The lowest BCUT2D eigenvalue weighted by Crippen LogP contribution is -2.42. The number of alkyl halides is 2. The highest BCUT2D eigenvalue weighted by atomic mass is 19.3. The van der Waals surface area contributed by atoms with Crippen molar-refractivity contribution in [2.24, 2.45) is 0 Å². The fourth-order valence-corrected chi connectivity index (χ4v) is 2.58. The average molecular weight is 423 g/mol. The molecule has 1 saturated heterocycles. The number of hydrogen-bond acceptors (Lipinski definition) is 7. The van der Waals surface area contributed by atoms with Gasteiger partial charge in [-0.05, 0) is 25.5 Å². The predicted octanol–water partition coefficient (Wildman–Crippen LogP) is 2.82. The van der Waals surface area contributed by atoms with Crippen LogP contribution in [-0.2, 0) is 4.74 Å². The Labute approximate surface area is 170 Å². The van der Waals surface area contributed by atoms with E-state index in [-0.39, 0.29) is 41.2 Å². The summed E-state index contributed by atoms with van der Waals surface area (Å²) in [7, 11) is 0. The molecule has 1 aromatic carbocycles. The normalized spacial score (nSPS) is 14.2. The van der Waals surface area contributed by atoms with Crippen LogP contribution < -0.4 is 9.47 Å². The summed E-state index contributed by atoms with van der Waals surface area (Å²) in [6.07, 6.45) is 2.72. The van der Waals surface area contributed by atoms with Crippen LogP contribution in [0.5, 0.6) is 17.4 Å². The van der Waals surface area contributed by atoms with Gasteiger partial charge in [-0.1, -0.05) is 0 Å². The highest BCUT2D eigenvalue weighted by Gasteiger charge is 2.23. The minimum atomic E-state index is -2.94. The molecule has 3 rings (SSSR count). The lowest BCUT2D eigenvalue weighted by atomic mass is 10.2. The number of likely N-dealkylation sites (tertiary alicyclic amines) is 1. The number of aromatic nitrogens is 2. The highest BCUT2D eigenvalue weighted by Crippen LogP contribution is 2.27. The fourth-order valence-electron chi connectivity index (χ4n) is 2.58. The van der Waals surface area contributed by atoms with Gasteiger partial charge >= 0.3 is 12.6 Å². The van der Waals surface area contributed by atoms with Gasteiger partial charge in [-0.3, -0.25) is 4.79 Å². The highest BCUT2D eigenvalue weighted by molar-refractivity contribution is 5.92.